The molecule has 2 fully saturated rings. The molecule has 1 aromatic rings. The van der Waals surface area contributed by atoms with E-state index in [-0.39, 0.29) is 18.0 Å². The standard InChI is InChI=1S/C18H23FO4/c1-2-3-4-13-9-20-18(21-10-13)15-11-22-17(23-12-15)14-5-7-16(19)8-6-14/h3-8,13,15,17-18H,2,9-12H2,1H3/b4-3+/t13-,15-,17-,18-. The summed E-state index contributed by atoms with van der Waals surface area (Å²) in [6.07, 6.45) is 4.58. The lowest BCUT2D eigenvalue weighted by atomic mass is 10.1. The first-order chi connectivity index (χ1) is 11.3. The number of allylic oxidation sites excluding steroid dienone is 1. The third-order valence-corrected chi connectivity index (χ3v) is 4.04. The molecule has 126 valence electrons. The maximum absolute atomic E-state index is 12.9. The highest BCUT2D eigenvalue weighted by Gasteiger charge is 2.33. The lowest BCUT2D eigenvalue weighted by Gasteiger charge is -2.37. The Morgan fingerprint density at radius 2 is 1.65 bits per heavy atom. The van der Waals surface area contributed by atoms with Gasteiger partial charge in [0.05, 0.1) is 32.3 Å². The van der Waals surface area contributed by atoms with Crippen molar-refractivity contribution in [3.8, 4) is 0 Å². The van der Waals surface area contributed by atoms with E-state index in [4.69, 9.17) is 18.9 Å². The minimum atomic E-state index is -0.448. The average molecular weight is 322 g/mol. The van der Waals surface area contributed by atoms with Crippen LogP contribution in [0.25, 0.3) is 0 Å². The van der Waals surface area contributed by atoms with Gasteiger partial charge in [0.25, 0.3) is 0 Å². The fraction of sp³-hybridized carbons (Fsp3) is 0.556. The second-order valence-corrected chi connectivity index (χ2v) is 5.94. The van der Waals surface area contributed by atoms with Crippen LogP contribution in [0.4, 0.5) is 4.39 Å². The molecule has 0 N–H and O–H groups in total. The van der Waals surface area contributed by atoms with E-state index in [0.717, 1.165) is 12.0 Å². The molecule has 2 aliphatic rings. The number of rotatable bonds is 4. The van der Waals surface area contributed by atoms with Crippen molar-refractivity contribution in [1.29, 1.82) is 0 Å². The summed E-state index contributed by atoms with van der Waals surface area (Å²) < 4.78 is 36.0. The van der Waals surface area contributed by atoms with Crippen LogP contribution in [-0.2, 0) is 18.9 Å². The zero-order valence-corrected chi connectivity index (χ0v) is 13.3. The van der Waals surface area contributed by atoms with Gasteiger partial charge in [-0.1, -0.05) is 31.2 Å². The molecule has 0 aliphatic carbocycles. The third kappa shape index (κ3) is 4.38. The molecule has 23 heavy (non-hydrogen) atoms. The Morgan fingerprint density at radius 3 is 2.26 bits per heavy atom. The van der Waals surface area contributed by atoms with Gasteiger partial charge in [0, 0.05) is 11.5 Å². The summed E-state index contributed by atoms with van der Waals surface area (Å²) in [6, 6.07) is 6.17. The van der Waals surface area contributed by atoms with Gasteiger partial charge >= 0.3 is 0 Å². The molecule has 0 spiro atoms. The summed E-state index contributed by atoms with van der Waals surface area (Å²) in [5, 5.41) is 0. The van der Waals surface area contributed by atoms with Gasteiger partial charge in [0.1, 0.15) is 5.82 Å². The van der Waals surface area contributed by atoms with Crippen molar-refractivity contribution < 1.29 is 23.3 Å². The smallest absolute Gasteiger partial charge is 0.183 e. The van der Waals surface area contributed by atoms with Crippen molar-refractivity contribution in [2.45, 2.75) is 25.9 Å². The molecule has 0 unspecified atom stereocenters. The Morgan fingerprint density at radius 1 is 1.00 bits per heavy atom. The molecule has 0 bridgehead atoms. The first-order valence-electron chi connectivity index (χ1n) is 8.14. The third-order valence-electron chi connectivity index (χ3n) is 4.04. The number of hydrogen-bond acceptors (Lipinski definition) is 4. The molecular formula is C18H23FO4. The van der Waals surface area contributed by atoms with Crippen LogP contribution in [0.5, 0.6) is 0 Å². The lowest BCUT2D eigenvalue weighted by molar-refractivity contribution is -0.280. The highest BCUT2D eigenvalue weighted by atomic mass is 19.1. The predicted octanol–water partition coefficient (Wildman–Crippen LogP) is 3.44. The van der Waals surface area contributed by atoms with Gasteiger partial charge in [0.15, 0.2) is 12.6 Å². The Bertz CT molecular complexity index is 500. The second kappa shape index (κ2) is 8.02. The Kier molecular flexibility index (Phi) is 5.78. The van der Waals surface area contributed by atoms with Crippen LogP contribution in [0.1, 0.15) is 25.2 Å². The van der Waals surface area contributed by atoms with E-state index in [1.54, 1.807) is 12.1 Å². The maximum atomic E-state index is 12.9. The Hall–Kier alpha value is -1.27. The van der Waals surface area contributed by atoms with Gasteiger partial charge in [-0.3, -0.25) is 0 Å². The summed E-state index contributed by atoms with van der Waals surface area (Å²) in [5.74, 6) is 0.115. The van der Waals surface area contributed by atoms with Gasteiger partial charge in [-0.05, 0) is 18.6 Å². The Balaban J connectivity index is 1.46. The van der Waals surface area contributed by atoms with E-state index < -0.39 is 6.29 Å². The highest BCUT2D eigenvalue weighted by molar-refractivity contribution is 5.17. The molecule has 4 nitrogen and oxygen atoms in total. The van der Waals surface area contributed by atoms with E-state index in [1.165, 1.54) is 12.1 Å². The summed E-state index contributed by atoms with van der Waals surface area (Å²) in [7, 11) is 0. The SMILES string of the molecule is CC/C=C/[C@H]1CO[C@H]([C@H]2CO[C@H](c3ccc(F)cc3)OC2)OC1. The van der Waals surface area contributed by atoms with Crippen molar-refractivity contribution in [3.05, 3.63) is 47.8 Å². The largest absolute Gasteiger partial charge is 0.351 e. The predicted molar refractivity (Wildman–Crippen MR) is 83.1 cm³/mol. The first kappa shape index (κ1) is 16.6. The zero-order chi connectivity index (χ0) is 16.1. The van der Waals surface area contributed by atoms with Crippen LogP contribution in [0.15, 0.2) is 36.4 Å². The van der Waals surface area contributed by atoms with E-state index in [0.29, 0.717) is 32.3 Å². The molecule has 1 aromatic carbocycles. The minimum absolute atomic E-state index is 0.0582. The first-order valence-corrected chi connectivity index (χ1v) is 8.14. The van der Waals surface area contributed by atoms with Crippen molar-refractivity contribution in [1.82, 2.24) is 0 Å². The maximum Gasteiger partial charge on any atom is 0.183 e. The fourth-order valence-electron chi connectivity index (χ4n) is 2.73. The van der Waals surface area contributed by atoms with Gasteiger partial charge in [-0.2, -0.15) is 0 Å². The monoisotopic (exact) mass is 322 g/mol. The van der Waals surface area contributed by atoms with Gasteiger partial charge in [-0.25, -0.2) is 4.39 Å². The molecule has 0 aromatic heterocycles. The van der Waals surface area contributed by atoms with Crippen molar-refractivity contribution in [2.75, 3.05) is 26.4 Å². The van der Waals surface area contributed by atoms with Crippen LogP contribution in [0, 0.1) is 17.7 Å². The minimum Gasteiger partial charge on any atom is -0.351 e. The van der Waals surface area contributed by atoms with Crippen LogP contribution in [0.3, 0.4) is 0 Å². The lowest BCUT2D eigenvalue weighted by Crippen LogP contribution is -2.42. The molecule has 2 heterocycles. The van der Waals surface area contributed by atoms with Gasteiger partial charge in [-0.15, -0.1) is 0 Å². The second-order valence-electron chi connectivity index (χ2n) is 5.94. The van der Waals surface area contributed by atoms with E-state index in [2.05, 4.69) is 19.1 Å². The van der Waals surface area contributed by atoms with E-state index in [9.17, 15) is 4.39 Å². The number of hydrogen-bond donors (Lipinski definition) is 0. The summed E-state index contributed by atoms with van der Waals surface area (Å²) in [6.45, 7) is 4.44. The van der Waals surface area contributed by atoms with Crippen molar-refractivity contribution in [3.63, 3.8) is 0 Å². The van der Waals surface area contributed by atoms with Crippen LogP contribution in [0.2, 0.25) is 0 Å². The number of halogens is 1. The van der Waals surface area contributed by atoms with Gasteiger partial charge in [0.2, 0.25) is 0 Å². The van der Waals surface area contributed by atoms with Crippen molar-refractivity contribution in [2.24, 2.45) is 11.8 Å². The van der Waals surface area contributed by atoms with E-state index >= 15 is 0 Å². The van der Waals surface area contributed by atoms with Crippen LogP contribution < -0.4 is 0 Å². The van der Waals surface area contributed by atoms with Crippen molar-refractivity contribution >= 4 is 0 Å². The fourth-order valence-corrected chi connectivity index (χ4v) is 2.73. The molecule has 3 rings (SSSR count). The molecule has 0 radical (unpaired) electrons. The van der Waals surface area contributed by atoms with Crippen LogP contribution >= 0.6 is 0 Å². The molecule has 2 saturated heterocycles. The normalized spacial score (nSPS) is 32.3. The molecule has 0 saturated carbocycles. The Labute approximate surface area is 136 Å². The summed E-state index contributed by atoms with van der Waals surface area (Å²) >= 11 is 0. The van der Waals surface area contributed by atoms with Crippen LogP contribution in [-0.4, -0.2) is 32.7 Å². The highest BCUT2D eigenvalue weighted by Crippen LogP contribution is 2.29. The van der Waals surface area contributed by atoms with Gasteiger partial charge < -0.3 is 18.9 Å². The number of ether oxygens (including phenoxy) is 4. The van der Waals surface area contributed by atoms with E-state index in [1.807, 2.05) is 0 Å². The molecule has 0 amide bonds. The zero-order valence-electron chi connectivity index (χ0n) is 13.3. The quantitative estimate of drug-likeness (QED) is 0.796. The topological polar surface area (TPSA) is 36.9 Å². The molecule has 0 atom stereocenters. The molecule has 2 aliphatic heterocycles. The summed E-state index contributed by atoms with van der Waals surface area (Å²) in [4.78, 5) is 0. The number of benzene rings is 1. The molecule has 5 heteroatoms. The average Bonchev–Trinajstić information content (AvgIpc) is 2.61. The summed E-state index contributed by atoms with van der Waals surface area (Å²) in [5.41, 5.74) is 0.820. The molecular weight excluding hydrogens is 299 g/mol.